The van der Waals surface area contributed by atoms with Gasteiger partial charge in [0.05, 0.1) is 28.6 Å². The summed E-state index contributed by atoms with van der Waals surface area (Å²) in [7, 11) is 0. The lowest BCUT2D eigenvalue weighted by atomic mass is 9.92. The van der Waals surface area contributed by atoms with Crippen LogP contribution in [0.25, 0.3) is 39.1 Å². The molecule has 8 nitrogen and oxygen atoms in total. The second-order valence-corrected chi connectivity index (χ2v) is 10.5. The van der Waals surface area contributed by atoms with Crippen molar-refractivity contribution in [3.63, 3.8) is 0 Å². The number of hydrogen-bond donors (Lipinski definition) is 2. The molecule has 1 aliphatic rings. The fourth-order valence-corrected chi connectivity index (χ4v) is 5.34. The third-order valence-electron chi connectivity index (χ3n) is 7.37. The van der Waals surface area contributed by atoms with Crippen molar-refractivity contribution in [3.8, 4) is 11.3 Å². The standard InChI is InChI=1S/C28H28N8/c1-14(2)16-5-8-25-31-22-9-17(19-6-7-20-23(30-19)12-29-35-20)10-24-33-26-18(27(22)36(25)13-16)11-21(15(3)4)32-28(26)34-24/h5-8,11-15,17H,9-10H2,1-4H3,(H,29,35)(H,32,33,34). The average Bonchev–Trinajstić information content (AvgIpc) is 3.58. The minimum absolute atomic E-state index is 0.108. The zero-order valence-corrected chi connectivity index (χ0v) is 20.9. The average molecular weight is 477 g/mol. The fraction of sp³-hybridized carbons (Fsp3) is 0.321. The van der Waals surface area contributed by atoms with Crippen LogP contribution in [0.4, 0.5) is 0 Å². The van der Waals surface area contributed by atoms with Crippen molar-refractivity contribution in [2.45, 2.75) is 58.3 Å². The van der Waals surface area contributed by atoms with Gasteiger partial charge in [0.15, 0.2) is 5.65 Å². The molecule has 0 saturated carbocycles. The largest absolute Gasteiger partial charge is 0.340 e. The summed E-state index contributed by atoms with van der Waals surface area (Å²) in [5.74, 6) is 1.76. The number of pyridine rings is 3. The van der Waals surface area contributed by atoms with Crippen molar-refractivity contribution >= 4 is 27.8 Å². The van der Waals surface area contributed by atoms with Gasteiger partial charge in [0.2, 0.25) is 0 Å². The summed E-state index contributed by atoms with van der Waals surface area (Å²) in [6, 6.07) is 10.7. The van der Waals surface area contributed by atoms with E-state index in [1.807, 2.05) is 0 Å². The van der Waals surface area contributed by atoms with Gasteiger partial charge in [-0.25, -0.2) is 19.9 Å². The van der Waals surface area contributed by atoms with E-state index in [0.29, 0.717) is 11.8 Å². The molecule has 0 aromatic carbocycles. The summed E-state index contributed by atoms with van der Waals surface area (Å²) in [5, 5.41) is 7.16. The smallest absolute Gasteiger partial charge is 0.178 e. The van der Waals surface area contributed by atoms with E-state index < -0.39 is 0 Å². The minimum Gasteiger partial charge on any atom is -0.340 e. The van der Waals surface area contributed by atoms with Gasteiger partial charge >= 0.3 is 0 Å². The highest BCUT2D eigenvalue weighted by Gasteiger charge is 2.28. The highest BCUT2D eigenvalue weighted by Crippen LogP contribution is 2.38. The molecule has 0 saturated heterocycles. The summed E-state index contributed by atoms with van der Waals surface area (Å²) in [6.07, 6.45) is 5.52. The fourth-order valence-electron chi connectivity index (χ4n) is 5.34. The normalized spacial score (nSPS) is 15.8. The van der Waals surface area contributed by atoms with Gasteiger partial charge in [-0.1, -0.05) is 33.8 Å². The lowest BCUT2D eigenvalue weighted by Gasteiger charge is -2.16. The van der Waals surface area contributed by atoms with Crippen LogP contribution < -0.4 is 0 Å². The molecule has 6 aromatic rings. The van der Waals surface area contributed by atoms with E-state index in [9.17, 15) is 0 Å². The summed E-state index contributed by atoms with van der Waals surface area (Å²) < 4.78 is 2.26. The molecule has 1 unspecified atom stereocenters. The Morgan fingerprint density at radius 1 is 0.944 bits per heavy atom. The van der Waals surface area contributed by atoms with Crippen LogP contribution in [0.1, 0.15) is 73.9 Å². The molecule has 2 N–H and O–H groups in total. The second-order valence-electron chi connectivity index (χ2n) is 10.5. The highest BCUT2D eigenvalue weighted by molar-refractivity contribution is 5.91. The first-order valence-electron chi connectivity index (χ1n) is 12.7. The third kappa shape index (κ3) is 3.24. The lowest BCUT2D eigenvalue weighted by molar-refractivity contribution is 0.637. The first kappa shape index (κ1) is 21.2. The molecule has 1 atom stereocenters. The molecule has 1 aliphatic heterocycles. The number of hydrogen-bond acceptors (Lipinski definition) is 5. The van der Waals surface area contributed by atoms with Crippen LogP contribution in [0, 0.1) is 0 Å². The van der Waals surface area contributed by atoms with Gasteiger partial charge in [0.1, 0.15) is 17.0 Å². The van der Waals surface area contributed by atoms with Crippen molar-refractivity contribution in [2.24, 2.45) is 0 Å². The zero-order chi connectivity index (χ0) is 24.6. The second kappa shape index (κ2) is 7.71. The Morgan fingerprint density at radius 2 is 1.83 bits per heavy atom. The van der Waals surface area contributed by atoms with E-state index in [4.69, 9.17) is 19.9 Å². The Kier molecular flexibility index (Phi) is 4.55. The van der Waals surface area contributed by atoms with Crippen LogP contribution in [-0.2, 0) is 12.8 Å². The Bertz CT molecular complexity index is 1770. The Labute approximate surface area is 208 Å². The number of nitrogens with zero attached hydrogens (tertiary/aromatic N) is 6. The monoisotopic (exact) mass is 476 g/mol. The van der Waals surface area contributed by atoms with E-state index >= 15 is 0 Å². The lowest BCUT2D eigenvalue weighted by Crippen LogP contribution is -2.11. The maximum Gasteiger partial charge on any atom is 0.178 e. The van der Waals surface area contributed by atoms with Gasteiger partial charge in [0, 0.05) is 41.9 Å². The molecule has 7 rings (SSSR count). The predicted molar refractivity (Wildman–Crippen MR) is 140 cm³/mol. The zero-order valence-electron chi connectivity index (χ0n) is 20.9. The molecule has 0 aliphatic carbocycles. The summed E-state index contributed by atoms with van der Waals surface area (Å²) in [6.45, 7) is 8.81. The predicted octanol–water partition coefficient (Wildman–Crippen LogP) is 5.67. The van der Waals surface area contributed by atoms with E-state index in [1.165, 1.54) is 5.56 Å². The van der Waals surface area contributed by atoms with Crippen molar-refractivity contribution in [3.05, 3.63) is 71.2 Å². The quantitative estimate of drug-likeness (QED) is 0.343. The first-order chi connectivity index (χ1) is 17.4. The first-order valence-corrected chi connectivity index (χ1v) is 12.7. The van der Waals surface area contributed by atoms with Crippen LogP contribution in [0.2, 0.25) is 0 Å². The van der Waals surface area contributed by atoms with E-state index in [2.05, 4.69) is 83.8 Å². The molecule has 6 aromatic heterocycles. The van der Waals surface area contributed by atoms with Gasteiger partial charge < -0.3 is 4.98 Å². The number of imidazole rings is 2. The van der Waals surface area contributed by atoms with Crippen molar-refractivity contribution in [2.75, 3.05) is 0 Å². The third-order valence-corrected chi connectivity index (χ3v) is 7.37. The molecule has 0 spiro atoms. The molecule has 0 amide bonds. The molecule has 8 heteroatoms. The van der Waals surface area contributed by atoms with Gasteiger partial charge in [-0.15, -0.1) is 0 Å². The molecule has 0 radical (unpaired) electrons. The van der Waals surface area contributed by atoms with Crippen molar-refractivity contribution < 1.29 is 0 Å². The number of aromatic amines is 2. The van der Waals surface area contributed by atoms with Gasteiger partial charge in [-0.2, -0.15) is 5.10 Å². The summed E-state index contributed by atoms with van der Waals surface area (Å²) in [5.41, 5.74) is 11.2. The SMILES string of the molecule is CC(C)c1ccc2nc3c(n2c1)-c1cc(C(C)C)nc2nc([nH]c12)CC(c1ccc2[nH]ncc2n1)C3. The summed E-state index contributed by atoms with van der Waals surface area (Å²) >= 11 is 0. The Hall–Kier alpha value is -4.07. The van der Waals surface area contributed by atoms with E-state index in [1.54, 1.807) is 6.20 Å². The van der Waals surface area contributed by atoms with Gasteiger partial charge in [-0.3, -0.25) is 9.50 Å². The molecule has 36 heavy (non-hydrogen) atoms. The Balaban J connectivity index is 1.51. The van der Waals surface area contributed by atoms with Gasteiger partial charge in [-0.05, 0) is 41.7 Å². The Morgan fingerprint density at radius 3 is 2.67 bits per heavy atom. The van der Waals surface area contributed by atoms with Crippen LogP contribution in [0.15, 0.2) is 42.7 Å². The maximum absolute atomic E-state index is 5.17. The van der Waals surface area contributed by atoms with Crippen LogP contribution >= 0.6 is 0 Å². The number of nitrogens with one attached hydrogen (secondary N) is 2. The molecule has 7 heterocycles. The van der Waals surface area contributed by atoms with E-state index in [-0.39, 0.29) is 5.92 Å². The highest BCUT2D eigenvalue weighted by atomic mass is 15.1. The van der Waals surface area contributed by atoms with Crippen LogP contribution in [-0.4, -0.2) is 39.5 Å². The molecular formula is C28H28N8. The number of H-pyrrole nitrogens is 2. The minimum atomic E-state index is 0.108. The number of aromatic nitrogens is 8. The number of rotatable bonds is 3. The van der Waals surface area contributed by atoms with Crippen molar-refractivity contribution in [1.29, 1.82) is 0 Å². The number of fused-ring (bicyclic) bond motifs is 6. The van der Waals surface area contributed by atoms with Crippen molar-refractivity contribution in [1.82, 2.24) is 39.5 Å². The van der Waals surface area contributed by atoms with Crippen LogP contribution in [0.5, 0.6) is 0 Å². The van der Waals surface area contributed by atoms with Crippen LogP contribution in [0.3, 0.4) is 0 Å². The molecule has 0 fully saturated rings. The van der Waals surface area contributed by atoms with E-state index in [0.717, 1.165) is 74.8 Å². The molecular weight excluding hydrogens is 448 g/mol. The molecule has 180 valence electrons. The maximum atomic E-state index is 5.17. The summed E-state index contributed by atoms with van der Waals surface area (Å²) in [4.78, 5) is 23.6. The van der Waals surface area contributed by atoms with Gasteiger partial charge in [0.25, 0.3) is 0 Å². The topological polar surface area (TPSA) is 100 Å². The molecule has 2 bridgehead atoms.